The number of benzene rings is 2. The molecule has 0 radical (unpaired) electrons. The molecular weight excluding hydrogens is 299 g/mol. The minimum Gasteiger partial charge on any atom is -0.489 e. The van der Waals surface area contributed by atoms with E-state index in [0.717, 1.165) is 11.6 Å². The quantitative estimate of drug-likeness (QED) is 0.832. The van der Waals surface area contributed by atoms with Gasteiger partial charge in [0, 0.05) is 6.07 Å². The molecule has 0 bridgehead atoms. The van der Waals surface area contributed by atoms with Gasteiger partial charge in [-0.3, -0.25) is 0 Å². The van der Waals surface area contributed by atoms with Crippen LogP contribution in [0.2, 0.25) is 0 Å². The molecule has 2 aromatic carbocycles. The standard InChI is InChI=1S/C17H15FN2O3/c18-15-7-6-14(11-19)10-16(15)22-9-8-20-17(21)23-12-13-4-2-1-3-5-13/h1-7,10H,8-9,12H2,(H,20,21). The molecule has 5 nitrogen and oxygen atoms in total. The summed E-state index contributed by atoms with van der Waals surface area (Å²) in [5.41, 5.74) is 1.19. The molecule has 0 aliphatic heterocycles. The monoisotopic (exact) mass is 314 g/mol. The summed E-state index contributed by atoms with van der Waals surface area (Å²) in [6.45, 7) is 0.391. The van der Waals surface area contributed by atoms with Crippen LogP contribution in [0.25, 0.3) is 0 Å². The molecule has 0 unspecified atom stereocenters. The van der Waals surface area contributed by atoms with E-state index in [1.54, 1.807) is 0 Å². The van der Waals surface area contributed by atoms with Crippen LogP contribution in [0.5, 0.6) is 5.75 Å². The summed E-state index contributed by atoms with van der Waals surface area (Å²) in [5.74, 6) is -0.584. The predicted molar refractivity (Wildman–Crippen MR) is 81.2 cm³/mol. The number of halogens is 1. The van der Waals surface area contributed by atoms with Crippen molar-refractivity contribution in [3.8, 4) is 11.8 Å². The highest BCUT2D eigenvalue weighted by atomic mass is 19.1. The van der Waals surface area contributed by atoms with Gasteiger partial charge < -0.3 is 14.8 Å². The lowest BCUT2D eigenvalue weighted by atomic mass is 10.2. The molecule has 0 saturated heterocycles. The Labute approximate surface area is 133 Å². The molecule has 0 fully saturated rings. The van der Waals surface area contributed by atoms with Crippen molar-refractivity contribution in [2.24, 2.45) is 0 Å². The van der Waals surface area contributed by atoms with Crippen LogP contribution in [0, 0.1) is 17.1 Å². The Bertz CT molecular complexity index is 699. The Balaban J connectivity index is 1.69. The highest BCUT2D eigenvalue weighted by Crippen LogP contribution is 2.18. The van der Waals surface area contributed by atoms with Gasteiger partial charge in [-0.15, -0.1) is 0 Å². The number of alkyl carbamates (subject to hydrolysis) is 1. The second-order valence-electron chi connectivity index (χ2n) is 4.59. The van der Waals surface area contributed by atoms with Gasteiger partial charge in [-0.2, -0.15) is 5.26 Å². The molecule has 1 amide bonds. The van der Waals surface area contributed by atoms with Crippen LogP contribution < -0.4 is 10.1 Å². The zero-order chi connectivity index (χ0) is 16.5. The molecule has 0 aromatic heterocycles. The number of hydrogen-bond donors (Lipinski definition) is 1. The maximum absolute atomic E-state index is 13.5. The van der Waals surface area contributed by atoms with Crippen molar-refractivity contribution in [2.45, 2.75) is 6.61 Å². The fourth-order valence-electron chi connectivity index (χ4n) is 1.77. The Morgan fingerprint density at radius 1 is 1.22 bits per heavy atom. The molecule has 0 aliphatic carbocycles. The zero-order valence-electron chi connectivity index (χ0n) is 12.3. The number of nitrogens with zero attached hydrogens (tertiary/aromatic N) is 1. The maximum atomic E-state index is 13.5. The first kappa shape index (κ1) is 16.3. The van der Waals surface area contributed by atoms with E-state index in [1.807, 2.05) is 36.4 Å². The molecule has 0 saturated carbocycles. The highest BCUT2D eigenvalue weighted by Gasteiger charge is 2.06. The number of carbonyl (C=O) groups excluding carboxylic acids is 1. The fourth-order valence-corrected chi connectivity index (χ4v) is 1.77. The number of amides is 1. The van der Waals surface area contributed by atoms with Crippen LogP contribution in [-0.2, 0) is 11.3 Å². The first-order chi connectivity index (χ1) is 11.2. The molecule has 2 aromatic rings. The summed E-state index contributed by atoms with van der Waals surface area (Å²) in [6.07, 6.45) is -0.580. The van der Waals surface area contributed by atoms with E-state index in [1.165, 1.54) is 12.1 Å². The average molecular weight is 314 g/mol. The van der Waals surface area contributed by atoms with Crippen LogP contribution in [0.1, 0.15) is 11.1 Å². The first-order valence-electron chi connectivity index (χ1n) is 6.96. The van der Waals surface area contributed by atoms with Crippen LogP contribution in [0.15, 0.2) is 48.5 Å². The van der Waals surface area contributed by atoms with Crippen molar-refractivity contribution < 1.29 is 18.7 Å². The molecule has 0 spiro atoms. The van der Waals surface area contributed by atoms with Crippen molar-refractivity contribution in [2.75, 3.05) is 13.2 Å². The second kappa shape index (κ2) is 8.39. The van der Waals surface area contributed by atoms with Gasteiger partial charge in [0.25, 0.3) is 0 Å². The Kier molecular flexibility index (Phi) is 5.95. The van der Waals surface area contributed by atoms with Gasteiger partial charge in [-0.25, -0.2) is 9.18 Å². The van der Waals surface area contributed by atoms with E-state index in [9.17, 15) is 9.18 Å². The summed E-state index contributed by atoms with van der Waals surface area (Å²) in [6, 6.07) is 15.0. The first-order valence-corrected chi connectivity index (χ1v) is 6.96. The lowest BCUT2D eigenvalue weighted by Gasteiger charge is -2.09. The fraction of sp³-hybridized carbons (Fsp3) is 0.176. The third-order valence-corrected chi connectivity index (χ3v) is 2.90. The van der Waals surface area contributed by atoms with E-state index in [-0.39, 0.29) is 25.5 Å². The smallest absolute Gasteiger partial charge is 0.407 e. The molecule has 2 rings (SSSR count). The summed E-state index contributed by atoms with van der Waals surface area (Å²) >= 11 is 0. The van der Waals surface area contributed by atoms with Gasteiger partial charge in [-0.05, 0) is 17.7 Å². The van der Waals surface area contributed by atoms with Gasteiger partial charge in [0.1, 0.15) is 13.2 Å². The van der Waals surface area contributed by atoms with Crippen molar-refractivity contribution >= 4 is 6.09 Å². The molecule has 118 valence electrons. The number of hydrogen-bond acceptors (Lipinski definition) is 4. The minimum absolute atomic E-state index is 0.0245. The minimum atomic E-state index is -0.580. The van der Waals surface area contributed by atoms with Gasteiger partial charge in [0.05, 0.1) is 18.2 Å². The largest absolute Gasteiger partial charge is 0.489 e. The normalized spacial score (nSPS) is 9.74. The van der Waals surface area contributed by atoms with Crippen LogP contribution >= 0.6 is 0 Å². The van der Waals surface area contributed by atoms with E-state index < -0.39 is 11.9 Å². The molecule has 0 atom stereocenters. The number of nitrogens with one attached hydrogen (secondary N) is 1. The van der Waals surface area contributed by atoms with Gasteiger partial charge >= 0.3 is 6.09 Å². The topological polar surface area (TPSA) is 71.3 Å². The van der Waals surface area contributed by atoms with Crippen molar-refractivity contribution in [1.82, 2.24) is 5.32 Å². The van der Waals surface area contributed by atoms with Crippen molar-refractivity contribution in [3.63, 3.8) is 0 Å². The highest BCUT2D eigenvalue weighted by molar-refractivity contribution is 5.67. The molecule has 1 N–H and O–H groups in total. The van der Waals surface area contributed by atoms with E-state index in [0.29, 0.717) is 5.56 Å². The van der Waals surface area contributed by atoms with Gasteiger partial charge in [-0.1, -0.05) is 30.3 Å². The van der Waals surface area contributed by atoms with Crippen LogP contribution in [0.3, 0.4) is 0 Å². The molecular formula is C17H15FN2O3. The number of carbonyl (C=O) groups is 1. The molecule has 6 heteroatoms. The van der Waals surface area contributed by atoms with Gasteiger partial charge in [0.2, 0.25) is 0 Å². The lowest BCUT2D eigenvalue weighted by molar-refractivity contribution is 0.137. The summed E-state index contributed by atoms with van der Waals surface area (Å²) < 4.78 is 23.7. The van der Waals surface area contributed by atoms with E-state index in [2.05, 4.69) is 5.32 Å². The number of ether oxygens (including phenoxy) is 2. The Hall–Kier alpha value is -3.07. The van der Waals surface area contributed by atoms with Crippen molar-refractivity contribution in [1.29, 1.82) is 5.26 Å². The zero-order valence-corrected chi connectivity index (χ0v) is 12.3. The molecule has 23 heavy (non-hydrogen) atoms. The summed E-state index contributed by atoms with van der Waals surface area (Å²) in [7, 11) is 0. The van der Waals surface area contributed by atoms with Crippen LogP contribution in [-0.4, -0.2) is 19.2 Å². The average Bonchev–Trinajstić information content (AvgIpc) is 2.59. The third-order valence-electron chi connectivity index (χ3n) is 2.90. The molecule has 0 aliphatic rings. The third kappa shape index (κ3) is 5.32. The molecule has 0 heterocycles. The Morgan fingerprint density at radius 3 is 2.74 bits per heavy atom. The Morgan fingerprint density at radius 2 is 2.00 bits per heavy atom. The van der Waals surface area contributed by atoms with Gasteiger partial charge in [0.15, 0.2) is 11.6 Å². The van der Waals surface area contributed by atoms with Crippen LogP contribution in [0.4, 0.5) is 9.18 Å². The number of rotatable bonds is 6. The van der Waals surface area contributed by atoms with Crippen molar-refractivity contribution in [3.05, 3.63) is 65.5 Å². The SMILES string of the molecule is N#Cc1ccc(F)c(OCCNC(=O)OCc2ccccc2)c1. The van der Waals surface area contributed by atoms with E-state index >= 15 is 0 Å². The number of nitriles is 1. The predicted octanol–water partition coefficient (Wildman–Crippen LogP) is 3.00. The summed E-state index contributed by atoms with van der Waals surface area (Å²) in [4.78, 5) is 11.5. The second-order valence-corrected chi connectivity index (χ2v) is 4.59. The maximum Gasteiger partial charge on any atom is 0.407 e. The summed E-state index contributed by atoms with van der Waals surface area (Å²) in [5, 5.41) is 11.2. The lowest BCUT2D eigenvalue weighted by Crippen LogP contribution is -2.28. The van der Waals surface area contributed by atoms with E-state index in [4.69, 9.17) is 14.7 Å².